The molecule has 92 valence electrons. The molecule has 0 N–H and O–H groups in total. The summed E-state index contributed by atoms with van der Waals surface area (Å²) in [6.45, 7) is 7.30. The first kappa shape index (κ1) is 11.7. The second-order valence-corrected chi connectivity index (χ2v) is 11.0. The van der Waals surface area contributed by atoms with E-state index in [1.54, 1.807) is 5.56 Å². The van der Waals surface area contributed by atoms with E-state index in [1.807, 2.05) is 0 Å². The Kier molecular flexibility index (Phi) is 2.67. The molecule has 0 fully saturated rings. The number of hydrogen-bond donors (Lipinski definition) is 0. The van der Waals surface area contributed by atoms with Gasteiger partial charge in [-0.15, -0.1) is 0 Å². The molecule has 2 aliphatic rings. The van der Waals surface area contributed by atoms with Crippen LogP contribution in [-0.2, 0) is 0 Å². The minimum absolute atomic E-state index is 0.658. The highest BCUT2D eigenvalue weighted by molar-refractivity contribution is 6.81. The van der Waals surface area contributed by atoms with Crippen LogP contribution in [0.1, 0.15) is 23.6 Å². The molecule has 18 heavy (non-hydrogen) atoms. The van der Waals surface area contributed by atoms with Crippen LogP contribution in [0.25, 0.3) is 5.57 Å². The van der Waals surface area contributed by atoms with Gasteiger partial charge in [0, 0.05) is 0 Å². The van der Waals surface area contributed by atoms with E-state index in [0.29, 0.717) is 11.1 Å². The van der Waals surface area contributed by atoms with Crippen molar-refractivity contribution in [1.82, 2.24) is 0 Å². The first-order chi connectivity index (χ1) is 8.60. The number of rotatable bonds is 2. The van der Waals surface area contributed by atoms with Gasteiger partial charge in [0.15, 0.2) is 0 Å². The zero-order valence-corrected chi connectivity index (χ0v) is 12.4. The average molecular weight is 252 g/mol. The molecule has 0 aliphatic heterocycles. The van der Waals surface area contributed by atoms with E-state index >= 15 is 0 Å². The lowest BCUT2D eigenvalue weighted by Gasteiger charge is -2.33. The Hall–Kier alpha value is -1.34. The fourth-order valence-corrected chi connectivity index (χ4v) is 6.67. The molecular weight excluding hydrogens is 232 g/mol. The van der Waals surface area contributed by atoms with Gasteiger partial charge in [-0.3, -0.25) is 0 Å². The fraction of sp³-hybridized carbons (Fsp3) is 0.294. The van der Waals surface area contributed by atoms with E-state index in [1.165, 1.54) is 11.1 Å². The van der Waals surface area contributed by atoms with Gasteiger partial charge in [0.2, 0.25) is 0 Å². The molecule has 0 nitrogen and oxygen atoms in total. The van der Waals surface area contributed by atoms with Gasteiger partial charge in [0.05, 0.1) is 8.07 Å². The first-order valence-electron chi connectivity index (χ1n) is 6.73. The third-order valence-electron chi connectivity index (χ3n) is 4.55. The van der Waals surface area contributed by atoms with Crippen molar-refractivity contribution in [2.45, 2.75) is 31.1 Å². The van der Waals surface area contributed by atoms with E-state index in [4.69, 9.17) is 0 Å². The Morgan fingerprint density at radius 1 is 1.00 bits per heavy atom. The predicted molar refractivity (Wildman–Crippen MR) is 82.3 cm³/mol. The molecule has 0 aromatic heterocycles. The SMILES string of the molecule is CC1=CC([Si](C)(C)C2C=CC=C2)c2ccccc21. The van der Waals surface area contributed by atoms with Crippen LogP contribution < -0.4 is 0 Å². The smallest absolute Gasteiger partial charge is 0.0707 e. The Morgan fingerprint density at radius 2 is 1.67 bits per heavy atom. The van der Waals surface area contributed by atoms with Crippen molar-refractivity contribution in [2.75, 3.05) is 0 Å². The Balaban J connectivity index is 2.04. The topological polar surface area (TPSA) is 0 Å². The lowest BCUT2D eigenvalue weighted by molar-refractivity contribution is 1.09. The van der Waals surface area contributed by atoms with Gasteiger partial charge in [0.25, 0.3) is 0 Å². The van der Waals surface area contributed by atoms with Gasteiger partial charge in [0.1, 0.15) is 0 Å². The van der Waals surface area contributed by atoms with Gasteiger partial charge >= 0.3 is 0 Å². The Bertz CT molecular complexity index is 549. The zero-order valence-electron chi connectivity index (χ0n) is 11.4. The number of benzene rings is 1. The minimum atomic E-state index is -1.38. The lowest BCUT2D eigenvalue weighted by atomic mass is 10.1. The van der Waals surface area contributed by atoms with Crippen LogP contribution in [0.15, 0.2) is 54.6 Å². The molecule has 0 bridgehead atoms. The fourth-order valence-electron chi connectivity index (χ4n) is 3.31. The molecule has 0 amide bonds. The molecule has 1 atom stereocenters. The summed E-state index contributed by atoms with van der Waals surface area (Å²) in [5, 5.41) is 0. The van der Waals surface area contributed by atoms with Gasteiger partial charge < -0.3 is 0 Å². The van der Waals surface area contributed by atoms with E-state index in [-0.39, 0.29) is 0 Å². The lowest BCUT2D eigenvalue weighted by Crippen LogP contribution is -2.37. The summed E-state index contributed by atoms with van der Waals surface area (Å²) in [6, 6.07) is 8.93. The maximum absolute atomic E-state index is 2.52. The summed E-state index contributed by atoms with van der Waals surface area (Å²) in [6.07, 6.45) is 11.7. The van der Waals surface area contributed by atoms with Crippen LogP contribution in [0.2, 0.25) is 18.6 Å². The molecule has 1 aromatic carbocycles. The third kappa shape index (κ3) is 1.65. The van der Waals surface area contributed by atoms with Crippen LogP contribution in [0.5, 0.6) is 0 Å². The molecule has 0 saturated heterocycles. The van der Waals surface area contributed by atoms with Gasteiger partial charge in [-0.25, -0.2) is 0 Å². The summed E-state index contributed by atoms with van der Waals surface area (Å²) in [4.78, 5) is 0. The molecule has 1 heteroatoms. The molecule has 2 aliphatic carbocycles. The average Bonchev–Trinajstić information content (AvgIpc) is 2.98. The van der Waals surface area contributed by atoms with E-state index < -0.39 is 8.07 Å². The van der Waals surface area contributed by atoms with Crippen LogP contribution in [0, 0.1) is 0 Å². The summed E-state index contributed by atoms with van der Waals surface area (Å²) in [5.41, 5.74) is 5.82. The van der Waals surface area contributed by atoms with E-state index in [9.17, 15) is 0 Å². The van der Waals surface area contributed by atoms with Gasteiger partial charge in [-0.05, 0) is 34.7 Å². The normalized spacial score (nSPS) is 22.4. The van der Waals surface area contributed by atoms with E-state index in [0.717, 1.165) is 0 Å². The van der Waals surface area contributed by atoms with Crippen molar-refractivity contribution in [1.29, 1.82) is 0 Å². The largest absolute Gasteiger partial charge is 0.0803 e. The maximum Gasteiger partial charge on any atom is 0.0707 e. The Labute approximate surface area is 111 Å². The summed E-state index contributed by atoms with van der Waals surface area (Å²) in [5.74, 6) is 0. The summed E-state index contributed by atoms with van der Waals surface area (Å²) in [7, 11) is -1.38. The summed E-state index contributed by atoms with van der Waals surface area (Å²) >= 11 is 0. The second kappa shape index (κ2) is 4.10. The van der Waals surface area contributed by atoms with Crippen LogP contribution in [0.3, 0.4) is 0 Å². The van der Waals surface area contributed by atoms with Crippen LogP contribution in [-0.4, -0.2) is 8.07 Å². The Morgan fingerprint density at radius 3 is 2.39 bits per heavy atom. The zero-order chi connectivity index (χ0) is 12.8. The third-order valence-corrected chi connectivity index (χ3v) is 8.73. The molecule has 0 heterocycles. The summed E-state index contributed by atoms with van der Waals surface area (Å²) < 4.78 is 0. The van der Waals surface area contributed by atoms with Crippen molar-refractivity contribution >= 4 is 13.6 Å². The maximum atomic E-state index is 2.52. The predicted octanol–water partition coefficient (Wildman–Crippen LogP) is 4.93. The molecule has 1 unspecified atom stereocenters. The van der Waals surface area contributed by atoms with Crippen LogP contribution >= 0.6 is 0 Å². The molecule has 0 saturated carbocycles. The van der Waals surface area contributed by atoms with Gasteiger partial charge in [-0.2, -0.15) is 0 Å². The van der Waals surface area contributed by atoms with Crippen LogP contribution in [0.4, 0.5) is 0 Å². The van der Waals surface area contributed by atoms with Crippen molar-refractivity contribution < 1.29 is 0 Å². The molecular formula is C17H20Si. The highest BCUT2D eigenvalue weighted by Gasteiger charge is 2.40. The van der Waals surface area contributed by atoms with E-state index in [2.05, 4.69) is 74.7 Å². The monoisotopic (exact) mass is 252 g/mol. The molecule has 0 spiro atoms. The van der Waals surface area contributed by atoms with Crippen molar-refractivity contribution in [3.8, 4) is 0 Å². The quantitative estimate of drug-likeness (QED) is 0.655. The minimum Gasteiger partial charge on any atom is -0.0803 e. The van der Waals surface area contributed by atoms with Crippen molar-refractivity contribution in [2.24, 2.45) is 0 Å². The molecule has 3 rings (SSSR count). The number of allylic oxidation sites excluding steroid dienone is 6. The highest BCUT2D eigenvalue weighted by atomic mass is 28.3. The second-order valence-electron chi connectivity index (χ2n) is 6.03. The molecule has 0 radical (unpaired) electrons. The highest BCUT2D eigenvalue weighted by Crippen LogP contribution is 2.46. The standard InChI is InChI=1S/C17H20Si/c1-13-12-17(16-11-7-6-10-15(13)16)18(2,3)14-8-4-5-9-14/h4-12,14,17H,1-3H3. The number of hydrogen-bond acceptors (Lipinski definition) is 0. The van der Waals surface area contributed by atoms with Gasteiger partial charge in [-0.1, -0.05) is 67.7 Å². The molecule has 1 aromatic rings. The number of fused-ring (bicyclic) bond motifs is 1. The first-order valence-corrected chi connectivity index (χ1v) is 9.89. The van der Waals surface area contributed by atoms with Crippen molar-refractivity contribution in [3.05, 3.63) is 65.8 Å². The van der Waals surface area contributed by atoms with Crippen molar-refractivity contribution in [3.63, 3.8) is 0 Å².